The molecule has 2 aliphatic rings. The molecule has 5 rings (SSSR count). The quantitative estimate of drug-likeness (QED) is 0.438. The largest absolute Gasteiger partial charge is 0.457 e. The fraction of sp³-hybridized carbons (Fsp3) is 0.286. The average molecular weight is 500 g/mol. The van der Waals surface area contributed by atoms with Crippen molar-refractivity contribution in [3.05, 3.63) is 84.1 Å². The first-order valence-corrected chi connectivity index (χ1v) is 12.2. The highest BCUT2D eigenvalue weighted by molar-refractivity contribution is 5.97. The molecule has 2 fully saturated rings. The Morgan fingerprint density at radius 1 is 1.00 bits per heavy atom. The Morgan fingerprint density at radius 3 is 2.43 bits per heavy atom. The van der Waals surface area contributed by atoms with Crippen molar-refractivity contribution < 1.29 is 19.1 Å². The van der Waals surface area contributed by atoms with Gasteiger partial charge in [0.05, 0.1) is 6.54 Å². The molecule has 3 aromatic rings. The number of likely N-dealkylation sites (tertiary alicyclic amines) is 1. The van der Waals surface area contributed by atoms with E-state index < -0.39 is 6.04 Å². The van der Waals surface area contributed by atoms with Gasteiger partial charge in [0.1, 0.15) is 23.4 Å². The maximum atomic E-state index is 13.1. The van der Waals surface area contributed by atoms with Crippen molar-refractivity contribution in [1.82, 2.24) is 20.5 Å². The Bertz CT molecular complexity index is 1300. The monoisotopic (exact) mass is 499 g/mol. The Kier molecular flexibility index (Phi) is 6.52. The van der Waals surface area contributed by atoms with E-state index in [9.17, 15) is 14.4 Å². The number of pyridine rings is 1. The van der Waals surface area contributed by atoms with Gasteiger partial charge in [-0.1, -0.05) is 31.2 Å². The van der Waals surface area contributed by atoms with Gasteiger partial charge < -0.3 is 26.0 Å². The number of carbonyl (C=O) groups is 3. The predicted octanol–water partition coefficient (Wildman–Crippen LogP) is 2.88. The van der Waals surface area contributed by atoms with Crippen LogP contribution in [0, 0.1) is 5.41 Å². The molecule has 0 spiro atoms. The van der Waals surface area contributed by atoms with Crippen LogP contribution in [0.1, 0.15) is 35.7 Å². The molecule has 1 saturated heterocycles. The van der Waals surface area contributed by atoms with Gasteiger partial charge >= 0.3 is 0 Å². The number of anilines is 1. The van der Waals surface area contributed by atoms with E-state index in [1.54, 1.807) is 47.5 Å². The molecule has 4 N–H and O–H groups in total. The normalized spacial score (nSPS) is 21.6. The third kappa shape index (κ3) is 5.40. The highest BCUT2D eigenvalue weighted by Gasteiger charge is 2.64. The van der Waals surface area contributed by atoms with Crippen molar-refractivity contribution in [2.24, 2.45) is 5.41 Å². The van der Waals surface area contributed by atoms with Crippen molar-refractivity contribution in [2.45, 2.75) is 38.4 Å². The average Bonchev–Trinajstić information content (AvgIpc) is 3.47. The van der Waals surface area contributed by atoms with Crippen LogP contribution in [0.2, 0.25) is 0 Å². The number of amides is 3. The lowest BCUT2D eigenvalue weighted by Crippen LogP contribution is -2.50. The molecule has 0 bridgehead atoms. The highest BCUT2D eigenvalue weighted by Crippen LogP contribution is 2.59. The molecule has 2 heterocycles. The Morgan fingerprint density at radius 2 is 1.73 bits per heavy atom. The standard InChI is InChI=1S/C28H29N5O4/c1-28-13-22(27(36)31-16-18-7-12-24(29)30-15-18)33(23(28)14-28)25(34)17-32-26(35)19-8-10-21(11-9-19)37-20-5-3-2-4-6-20/h2-12,15,22-23H,13-14,16-17H2,1H3,(H2,29,30)(H,31,36)(H,32,35). The van der Waals surface area contributed by atoms with Crippen LogP contribution in [0.3, 0.4) is 0 Å². The molecule has 0 radical (unpaired) electrons. The minimum atomic E-state index is -0.565. The molecular formula is C28H29N5O4. The lowest BCUT2D eigenvalue weighted by Gasteiger charge is -2.27. The molecule has 1 saturated carbocycles. The van der Waals surface area contributed by atoms with Crippen LogP contribution < -0.4 is 21.1 Å². The fourth-order valence-electron chi connectivity index (χ4n) is 4.86. The van der Waals surface area contributed by atoms with Gasteiger partial charge in [-0.25, -0.2) is 4.98 Å². The molecule has 1 aromatic heterocycles. The number of hydrogen-bond acceptors (Lipinski definition) is 6. The van der Waals surface area contributed by atoms with Gasteiger partial charge in [-0.15, -0.1) is 0 Å². The summed E-state index contributed by atoms with van der Waals surface area (Å²) in [5, 5.41) is 5.60. The van der Waals surface area contributed by atoms with E-state index in [2.05, 4.69) is 22.5 Å². The topological polar surface area (TPSA) is 127 Å². The summed E-state index contributed by atoms with van der Waals surface area (Å²) in [5.74, 6) is 0.874. The summed E-state index contributed by atoms with van der Waals surface area (Å²) in [6.07, 6.45) is 3.08. The van der Waals surface area contributed by atoms with Crippen LogP contribution in [0.15, 0.2) is 72.9 Å². The maximum absolute atomic E-state index is 13.1. The number of fused-ring (bicyclic) bond motifs is 1. The van der Waals surface area contributed by atoms with Crippen molar-refractivity contribution in [1.29, 1.82) is 0 Å². The van der Waals surface area contributed by atoms with E-state index >= 15 is 0 Å². The second kappa shape index (κ2) is 9.93. The number of nitrogens with two attached hydrogens (primary N) is 1. The van der Waals surface area contributed by atoms with Gasteiger partial charge in [0.15, 0.2) is 0 Å². The second-order valence-electron chi connectivity index (χ2n) is 9.83. The van der Waals surface area contributed by atoms with Gasteiger partial charge in [0.25, 0.3) is 5.91 Å². The molecule has 2 aromatic carbocycles. The smallest absolute Gasteiger partial charge is 0.251 e. The summed E-state index contributed by atoms with van der Waals surface area (Å²) < 4.78 is 5.75. The summed E-state index contributed by atoms with van der Waals surface area (Å²) in [5.41, 5.74) is 6.79. The minimum Gasteiger partial charge on any atom is -0.457 e. The van der Waals surface area contributed by atoms with E-state index in [0.717, 1.165) is 12.0 Å². The third-order valence-corrected chi connectivity index (χ3v) is 7.04. The number of aromatic nitrogens is 1. The second-order valence-corrected chi connectivity index (χ2v) is 9.83. The number of ether oxygens (including phenoxy) is 1. The first kappa shape index (κ1) is 24.3. The van der Waals surface area contributed by atoms with Crippen molar-refractivity contribution in [3.63, 3.8) is 0 Å². The predicted molar refractivity (Wildman–Crippen MR) is 138 cm³/mol. The van der Waals surface area contributed by atoms with Gasteiger partial charge in [-0.3, -0.25) is 14.4 Å². The van der Waals surface area contributed by atoms with E-state index in [1.807, 2.05) is 30.3 Å². The number of nitrogens with one attached hydrogen (secondary N) is 2. The fourth-order valence-corrected chi connectivity index (χ4v) is 4.86. The molecular weight excluding hydrogens is 470 g/mol. The van der Waals surface area contributed by atoms with E-state index in [0.29, 0.717) is 35.8 Å². The molecule has 1 aliphatic heterocycles. The van der Waals surface area contributed by atoms with E-state index in [-0.39, 0.29) is 35.7 Å². The van der Waals surface area contributed by atoms with Crippen LogP contribution in [0.5, 0.6) is 11.5 Å². The summed E-state index contributed by atoms with van der Waals surface area (Å²) in [6.45, 7) is 2.21. The molecule has 1 aliphatic carbocycles. The van der Waals surface area contributed by atoms with Gasteiger partial charge in [-0.2, -0.15) is 0 Å². The van der Waals surface area contributed by atoms with Crippen molar-refractivity contribution >= 4 is 23.5 Å². The number of nitrogens with zero attached hydrogens (tertiary/aromatic N) is 2. The first-order chi connectivity index (χ1) is 17.8. The zero-order chi connectivity index (χ0) is 26.0. The lowest BCUT2D eigenvalue weighted by molar-refractivity contribution is -0.139. The highest BCUT2D eigenvalue weighted by atomic mass is 16.5. The van der Waals surface area contributed by atoms with Crippen LogP contribution in [-0.2, 0) is 16.1 Å². The molecule has 190 valence electrons. The zero-order valence-corrected chi connectivity index (χ0v) is 20.5. The molecule has 3 unspecified atom stereocenters. The number of hydrogen-bond donors (Lipinski definition) is 3. The lowest BCUT2D eigenvalue weighted by atomic mass is 10.0. The van der Waals surface area contributed by atoms with E-state index in [4.69, 9.17) is 10.5 Å². The van der Waals surface area contributed by atoms with E-state index in [1.165, 1.54) is 0 Å². The molecule has 37 heavy (non-hydrogen) atoms. The summed E-state index contributed by atoms with van der Waals surface area (Å²) in [6, 6.07) is 19.0. The van der Waals surface area contributed by atoms with Crippen molar-refractivity contribution in [3.8, 4) is 11.5 Å². The number of rotatable bonds is 8. The number of piperidine rings is 1. The van der Waals surface area contributed by atoms with Crippen LogP contribution in [-0.4, -0.2) is 46.2 Å². The first-order valence-electron chi connectivity index (χ1n) is 12.2. The van der Waals surface area contributed by atoms with Crippen LogP contribution >= 0.6 is 0 Å². The molecule has 9 nitrogen and oxygen atoms in total. The third-order valence-electron chi connectivity index (χ3n) is 7.04. The number of para-hydroxylation sites is 1. The Hall–Kier alpha value is -4.40. The van der Waals surface area contributed by atoms with Gasteiger partial charge in [0, 0.05) is 24.3 Å². The molecule has 3 amide bonds. The minimum absolute atomic E-state index is 0.0141. The zero-order valence-electron chi connectivity index (χ0n) is 20.5. The number of carbonyl (C=O) groups excluding carboxylic acids is 3. The summed E-state index contributed by atoms with van der Waals surface area (Å²) >= 11 is 0. The molecule has 9 heteroatoms. The summed E-state index contributed by atoms with van der Waals surface area (Å²) in [7, 11) is 0. The van der Waals surface area contributed by atoms with Gasteiger partial charge in [0.2, 0.25) is 11.8 Å². The Labute approximate surface area is 215 Å². The van der Waals surface area contributed by atoms with Gasteiger partial charge in [-0.05, 0) is 66.3 Å². The number of benzene rings is 2. The Balaban J connectivity index is 1.16. The molecule has 3 atom stereocenters. The van der Waals surface area contributed by atoms with Crippen LogP contribution in [0.4, 0.5) is 5.82 Å². The maximum Gasteiger partial charge on any atom is 0.251 e. The summed E-state index contributed by atoms with van der Waals surface area (Å²) in [4.78, 5) is 44.5. The number of nitrogen functional groups attached to an aromatic ring is 1. The SMILES string of the molecule is CC12CC(C(=O)NCc3ccc(N)nc3)N(C(=O)CNC(=O)c3ccc(Oc4ccccc4)cc3)C1C2. The van der Waals surface area contributed by atoms with Crippen molar-refractivity contribution in [2.75, 3.05) is 12.3 Å². The van der Waals surface area contributed by atoms with Crippen LogP contribution in [0.25, 0.3) is 0 Å².